The van der Waals surface area contributed by atoms with Crippen LogP contribution in [0.5, 0.6) is 5.75 Å². The molecule has 0 radical (unpaired) electrons. The molecule has 0 fully saturated rings. The summed E-state index contributed by atoms with van der Waals surface area (Å²) < 4.78 is 10.3. The minimum absolute atomic E-state index is 0.00913. The van der Waals surface area contributed by atoms with Gasteiger partial charge in [0.2, 0.25) is 0 Å². The van der Waals surface area contributed by atoms with Gasteiger partial charge in [-0.1, -0.05) is 6.92 Å². The fraction of sp³-hybridized carbons (Fsp3) is 0.533. The summed E-state index contributed by atoms with van der Waals surface area (Å²) >= 11 is 0. The molecule has 1 aromatic carbocycles. The third-order valence-corrected chi connectivity index (χ3v) is 3.04. The van der Waals surface area contributed by atoms with Crippen LogP contribution in [-0.4, -0.2) is 25.7 Å². The first-order valence-electron chi connectivity index (χ1n) is 6.65. The number of rotatable bonds is 7. The average molecular weight is 265 g/mol. The molecule has 0 saturated carbocycles. The zero-order valence-corrected chi connectivity index (χ0v) is 12.1. The van der Waals surface area contributed by atoms with Crippen LogP contribution in [0.2, 0.25) is 0 Å². The summed E-state index contributed by atoms with van der Waals surface area (Å²) in [6.45, 7) is 6.61. The molecule has 0 aromatic heterocycles. The van der Waals surface area contributed by atoms with Crippen molar-refractivity contribution in [3.05, 3.63) is 24.3 Å². The second-order valence-corrected chi connectivity index (χ2v) is 4.62. The highest BCUT2D eigenvalue weighted by Crippen LogP contribution is 2.18. The normalized spacial score (nSPS) is 13.5. The molecule has 1 aromatic rings. The zero-order chi connectivity index (χ0) is 14.3. The Bertz CT molecular complexity index is 389. The number of esters is 1. The number of carbonyl (C=O) groups excluding carboxylic acids is 1. The van der Waals surface area contributed by atoms with Crippen molar-refractivity contribution in [1.82, 2.24) is 0 Å². The first-order chi connectivity index (χ1) is 9.08. The van der Waals surface area contributed by atoms with Crippen LogP contribution in [0.3, 0.4) is 0 Å². The summed E-state index contributed by atoms with van der Waals surface area (Å²) in [5.41, 5.74) is 0.965. The van der Waals surface area contributed by atoms with E-state index in [4.69, 9.17) is 9.47 Å². The molecule has 2 unspecified atom stereocenters. The fourth-order valence-corrected chi connectivity index (χ4v) is 1.65. The van der Waals surface area contributed by atoms with Crippen molar-refractivity contribution in [1.29, 1.82) is 0 Å². The molecule has 2 atom stereocenters. The summed E-state index contributed by atoms with van der Waals surface area (Å²) in [5.74, 6) is 0.463. The number of carbonyl (C=O) groups is 1. The molecule has 4 heteroatoms. The molecular weight excluding hydrogens is 242 g/mol. The minimum atomic E-state index is -0.206. The molecule has 0 bridgehead atoms. The van der Waals surface area contributed by atoms with Crippen LogP contribution in [-0.2, 0) is 9.53 Å². The molecule has 0 aliphatic heterocycles. The molecule has 106 valence electrons. The number of benzene rings is 1. The monoisotopic (exact) mass is 265 g/mol. The summed E-state index contributed by atoms with van der Waals surface area (Å²) in [7, 11) is 1.41. The van der Waals surface area contributed by atoms with Gasteiger partial charge in [-0.15, -0.1) is 0 Å². The highest BCUT2D eigenvalue weighted by molar-refractivity contribution is 5.73. The van der Waals surface area contributed by atoms with E-state index in [1.54, 1.807) is 0 Å². The van der Waals surface area contributed by atoms with Gasteiger partial charge in [-0.25, -0.2) is 0 Å². The van der Waals surface area contributed by atoms with Crippen LogP contribution in [0, 0.1) is 5.92 Å². The molecular formula is C15H23NO3. The number of hydrogen-bond acceptors (Lipinski definition) is 4. The lowest BCUT2D eigenvalue weighted by Crippen LogP contribution is -2.30. The first-order valence-corrected chi connectivity index (χ1v) is 6.65. The van der Waals surface area contributed by atoms with E-state index in [-0.39, 0.29) is 17.9 Å². The van der Waals surface area contributed by atoms with Crippen molar-refractivity contribution < 1.29 is 14.3 Å². The van der Waals surface area contributed by atoms with Gasteiger partial charge in [0, 0.05) is 11.7 Å². The van der Waals surface area contributed by atoms with Crippen LogP contribution >= 0.6 is 0 Å². The Morgan fingerprint density at radius 3 is 2.42 bits per heavy atom. The largest absolute Gasteiger partial charge is 0.494 e. The second-order valence-electron chi connectivity index (χ2n) is 4.62. The average Bonchev–Trinajstić information content (AvgIpc) is 2.44. The van der Waals surface area contributed by atoms with Gasteiger partial charge in [0.25, 0.3) is 0 Å². The van der Waals surface area contributed by atoms with E-state index in [0.717, 1.165) is 24.5 Å². The van der Waals surface area contributed by atoms with Crippen molar-refractivity contribution in [2.45, 2.75) is 33.2 Å². The number of nitrogens with one attached hydrogen (secondary N) is 1. The number of ether oxygens (including phenoxy) is 2. The predicted octanol–water partition coefficient (Wildman–Crippen LogP) is 3.08. The Kier molecular flexibility index (Phi) is 6.19. The van der Waals surface area contributed by atoms with Crippen molar-refractivity contribution in [3.8, 4) is 5.75 Å². The van der Waals surface area contributed by atoms with E-state index >= 15 is 0 Å². The number of anilines is 1. The Hall–Kier alpha value is -1.71. The molecule has 1 N–H and O–H groups in total. The van der Waals surface area contributed by atoms with Crippen LogP contribution in [0.25, 0.3) is 0 Å². The van der Waals surface area contributed by atoms with Crippen molar-refractivity contribution >= 4 is 11.7 Å². The molecule has 0 saturated heterocycles. The van der Waals surface area contributed by atoms with Gasteiger partial charge < -0.3 is 14.8 Å². The van der Waals surface area contributed by atoms with Gasteiger partial charge in [-0.2, -0.15) is 0 Å². The van der Waals surface area contributed by atoms with Crippen molar-refractivity contribution in [2.24, 2.45) is 5.92 Å². The molecule has 19 heavy (non-hydrogen) atoms. The predicted molar refractivity (Wildman–Crippen MR) is 76.5 cm³/mol. The second kappa shape index (κ2) is 7.67. The van der Waals surface area contributed by atoms with Crippen LogP contribution in [0.15, 0.2) is 24.3 Å². The number of methoxy groups -OCH3 is 1. The molecule has 1 rings (SSSR count). The van der Waals surface area contributed by atoms with Gasteiger partial charge in [0.1, 0.15) is 5.75 Å². The minimum Gasteiger partial charge on any atom is -0.494 e. The van der Waals surface area contributed by atoms with Crippen LogP contribution in [0.1, 0.15) is 27.2 Å². The first kappa shape index (κ1) is 15.3. The van der Waals surface area contributed by atoms with Gasteiger partial charge in [0.05, 0.1) is 19.6 Å². The van der Waals surface area contributed by atoms with Gasteiger partial charge in [-0.3, -0.25) is 4.79 Å². The molecule has 0 heterocycles. The van der Waals surface area contributed by atoms with Crippen LogP contribution < -0.4 is 10.1 Å². The van der Waals surface area contributed by atoms with E-state index in [1.807, 2.05) is 38.1 Å². The lowest BCUT2D eigenvalue weighted by atomic mass is 10.0. The topological polar surface area (TPSA) is 47.6 Å². The quantitative estimate of drug-likeness (QED) is 0.770. The Morgan fingerprint density at radius 2 is 1.89 bits per heavy atom. The van der Waals surface area contributed by atoms with E-state index < -0.39 is 0 Å². The van der Waals surface area contributed by atoms with E-state index in [9.17, 15) is 4.79 Å². The van der Waals surface area contributed by atoms with Crippen molar-refractivity contribution in [3.63, 3.8) is 0 Å². The maximum atomic E-state index is 11.4. The molecule has 0 aliphatic carbocycles. The maximum Gasteiger partial charge on any atom is 0.310 e. The summed E-state index contributed by atoms with van der Waals surface area (Å²) in [4.78, 5) is 11.4. The highest BCUT2D eigenvalue weighted by Gasteiger charge is 2.20. The number of hydrogen-bond donors (Lipinski definition) is 1. The van der Waals surface area contributed by atoms with Crippen molar-refractivity contribution in [2.75, 3.05) is 19.0 Å². The standard InChI is InChI=1S/C15H23NO3/c1-5-10-19-14-8-6-13(7-9-14)16-12(3)11(2)15(17)18-4/h6-9,11-12,16H,5,10H2,1-4H3. The summed E-state index contributed by atoms with van der Waals surface area (Å²) in [5, 5.41) is 3.28. The fourth-order valence-electron chi connectivity index (χ4n) is 1.65. The van der Waals surface area contributed by atoms with Gasteiger partial charge >= 0.3 is 5.97 Å². The Morgan fingerprint density at radius 1 is 1.26 bits per heavy atom. The van der Waals surface area contributed by atoms with E-state index in [1.165, 1.54) is 7.11 Å². The van der Waals surface area contributed by atoms with E-state index in [2.05, 4.69) is 12.2 Å². The lowest BCUT2D eigenvalue weighted by molar-refractivity contribution is -0.145. The van der Waals surface area contributed by atoms with E-state index in [0.29, 0.717) is 0 Å². The maximum absolute atomic E-state index is 11.4. The summed E-state index contributed by atoms with van der Waals surface area (Å²) in [6.07, 6.45) is 0.994. The van der Waals surface area contributed by atoms with Gasteiger partial charge in [0.15, 0.2) is 0 Å². The molecule has 0 aliphatic rings. The SMILES string of the molecule is CCCOc1ccc(NC(C)C(C)C(=O)OC)cc1. The Labute approximate surface area is 115 Å². The smallest absolute Gasteiger partial charge is 0.310 e. The highest BCUT2D eigenvalue weighted by atomic mass is 16.5. The third-order valence-electron chi connectivity index (χ3n) is 3.04. The molecule has 4 nitrogen and oxygen atoms in total. The van der Waals surface area contributed by atoms with Crippen LogP contribution in [0.4, 0.5) is 5.69 Å². The molecule has 0 spiro atoms. The third kappa shape index (κ3) is 4.81. The summed E-state index contributed by atoms with van der Waals surface area (Å²) in [6, 6.07) is 7.76. The zero-order valence-electron chi connectivity index (χ0n) is 12.1. The van der Waals surface area contributed by atoms with Gasteiger partial charge in [-0.05, 0) is 44.5 Å². The lowest BCUT2D eigenvalue weighted by Gasteiger charge is -2.20. The Balaban J connectivity index is 2.55. The molecule has 0 amide bonds.